The normalized spacial score (nSPS) is 25.8. The van der Waals surface area contributed by atoms with Crippen molar-refractivity contribution in [3.05, 3.63) is 24.4 Å². The summed E-state index contributed by atoms with van der Waals surface area (Å²) in [7, 11) is 0. The fraction of sp³-hybridized carbons (Fsp3) is 0.615. The molecule has 2 heterocycles. The summed E-state index contributed by atoms with van der Waals surface area (Å²) in [5.41, 5.74) is 5.86. The third kappa shape index (κ3) is 2.19. The van der Waals surface area contributed by atoms with Crippen molar-refractivity contribution in [2.45, 2.75) is 32.2 Å². The van der Waals surface area contributed by atoms with Crippen LogP contribution < -0.4 is 10.6 Å². The molecule has 1 aliphatic heterocycles. The van der Waals surface area contributed by atoms with Gasteiger partial charge in [-0.3, -0.25) is 0 Å². The highest BCUT2D eigenvalue weighted by Crippen LogP contribution is 2.28. The number of hydrogen-bond acceptors (Lipinski definition) is 3. The number of piperidine rings is 1. The number of pyridine rings is 1. The van der Waals surface area contributed by atoms with E-state index in [0.29, 0.717) is 12.0 Å². The third-order valence-corrected chi connectivity index (χ3v) is 3.58. The first-order valence-corrected chi connectivity index (χ1v) is 6.24. The second-order valence-electron chi connectivity index (χ2n) is 4.49. The van der Waals surface area contributed by atoms with Gasteiger partial charge in [0.1, 0.15) is 5.82 Å². The lowest BCUT2D eigenvalue weighted by Gasteiger charge is -2.41. The Hall–Kier alpha value is -1.09. The minimum Gasteiger partial charge on any atom is -0.353 e. The van der Waals surface area contributed by atoms with Gasteiger partial charge in [-0.1, -0.05) is 13.0 Å². The van der Waals surface area contributed by atoms with Crippen LogP contribution in [0.4, 0.5) is 5.82 Å². The maximum Gasteiger partial charge on any atom is 0.128 e. The molecule has 0 spiro atoms. The molecule has 1 aliphatic rings. The van der Waals surface area contributed by atoms with Crippen LogP contribution in [0.25, 0.3) is 0 Å². The van der Waals surface area contributed by atoms with Crippen LogP contribution in [0.3, 0.4) is 0 Å². The summed E-state index contributed by atoms with van der Waals surface area (Å²) in [6, 6.07) is 6.69. The Morgan fingerprint density at radius 1 is 1.50 bits per heavy atom. The molecule has 0 aliphatic carbocycles. The molecule has 0 aromatic carbocycles. The minimum absolute atomic E-state index is 0.564. The van der Waals surface area contributed by atoms with Crippen LogP contribution in [0.2, 0.25) is 0 Å². The lowest BCUT2D eigenvalue weighted by molar-refractivity contribution is 0.319. The van der Waals surface area contributed by atoms with Crippen LogP contribution in [0, 0.1) is 5.92 Å². The number of hydrogen-bond donors (Lipinski definition) is 1. The molecule has 1 aromatic heterocycles. The molecule has 0 radical (unpaired) electrons. The van der Waals surface area contributed by atoms with E-state index < -0.39 is 0 Å². The van der Waals surface area contributed by atoms with Crippen LogP contribution in [0.5, 0.6) is 0 Å². The number of rotatable bonds is 3. The van der Waals surface area contributed by atoms with Crippen LogP contribution >= 0.6 is 0 Å². The topological polar surface area (TPSA) is 42.1 Å². The van der Waals surface area contributed by atoms with E-state index in [1.165, 1.54) is 12.8 Å². The molecular weight excluding hydrogens is 198 g/mol. The summed E-state index contributed by atoms with van der Waals surface area (Å²) in [5, 5.41) is 0. The van der Waals surface area contributed by atoms with Gasteiger partial charge in [0, 0.05) is 18.8 Å². The van der Waals surface area contributed by atoms with E-state index in [-0.39, 0.29) is 0 Å². The van der Waals surface area contributed by atoms with E-state index in [1.807, 2.05) is 12.3 Å². The predicted molar refractivity (Wildman–Crippen MR) is 67.4 cm³/mol. The number of nitrogens with zero attached hydrogens (tertiary/aromatic N) is 2. The zero-order valence-electron chi connectivity index (χ0n) is 9.97. The van der Waals surface area contributed by atoms with Crippen LogP contribution in [-0.2, 0) is 0 Å². The highest BCUT2D eigenvalue weighted by atomic mass is 15.2. The molecule has 0 amide bonds. The van der Waals surface area contributed by atoms with Crippen molar-refractivity contribution in [2.75, 3.05) is 18.0 Å². The molecule has 1 saturated heterocycles. The van der Waals surface area contributed by atoms with Crippen LogP contribution in [0.15, 0.2) is 24.4 Å². The van der Waals surface area contributed by atoms with Crippen molar-refractivity contribution in [3.63, 3.8) is 0 Å². The maximum absolute atomic E-state index is 5.86. The van der Waals surface area contributed by atoms with E-state index >= 15 is 0 Å². The van der Waals surface area contributed by atoms with Crippen molar-refractivity contribution in [2.24, 2.45) is 11.7 Å². The van der Waals surface area contributed by atoms with E-state index in [2.05, 4.69) is 28.9 Å². The lowest BCUT2D eigenvalue weighted by atomic mass is 9.87. The largest absolute Gasteiger partial charge is 0.353 e. The highest BCUT2D eigenvalue weighted by Gasteiger charge is 2.29. The molecule has 3 heteroatoms. The van der Waals surface area contributed by atoms with Gasteiger partial charge in [0.15, 0.2) is 0 Å². The fourth-order valence-electron chi connectivity index (χ4n) is 2.77. The average Bonchev–Trinajstić information content (AvgIpc) is 2.38. The fourth-order valence-corrected chi connectivity index (χ4v) is 2.77. The molecule has 3 nitrogen and oxygen atoms in total. The van der Waals surface area contributed by atoms with Gasteiger partial charge in [0.2, 0.25) is 0 Å². The lowest BCUT2D eigenvalue weighted by Crippen LogP contribution is -2.47. The Kier molecular flexibility index (Phi) is 3.78. The minimum atomic E-state index is 0.564. The second-order valence-corrected chi connectivity index (χ2v) is 4.49. The quantitative estimate of drug-likeness (QED) is 0.846. The zero-order chi connectivity index (χ0) is 11.4. The van der Waals surface area contributed by atoms with Crippen LogP contribution in [-0.4, -0.2) is 24.1 Å². The Bertz CT molecular complexity index is 312. The van der Waals surface area contributed by atoms with E-state index in [9.17, 15) is 0 Å². The van der Waals surface area contributed by atoms with Gasteiger partial charge < -0.3 is 10.6 Å². The highest BCUT2D eigenvalue weighted by molar-refractivity contribution is 5.40. The van der Waals surface area contributed by atoms with Gasteiger partial charge in [-0.2, -0.15) is 0 Å². The molecule has 88 valence electrons. The molecule has 2 atom stereocenters. The van der Waals surface area contributed by atoms with Crippen molar-refractivity contribution in [1.29, 1.82) is 0 Å². The summed E-state index contributed by atoms with van der Waals surface area (Å²) in [5.74, 6) is 1.73. The SMILES string of the molecule is CC[C@@H]1[C@@H](CN)CCCN1c1ccccn1. The Labute approximate surface area is 97.7 Å². The van der Waals surface area contributed by atoms with Crippen molar-refractivity contribution in [3.8, 4) is 0 Å². The zero-order valence-corrected chi connectivity index (χ0v) is 9.97. The molecule has 2 N–H and O–H groups in total. The second kappa shape index (κ2) is 5.30. The van der Waals surface area contributed by atoms with Gasteiger partial charge >= 0.3 is 0 Å². The summed E-state index contributed by atoms with van der Waals surface area (Å²) in [6.07, 6.45) is 5.51. The van der Waals surface area contributed by atoms with E-state index in [1.54, 1.807) is 0 Å². The Morgan fingerprint density at radius 3 is 3.00 bits per heavy atom. The summed E-state index contributed by atoms with van der Waals surface area (Å²) in [4.78, 5) is 6.89. The van der Waals surface area contributed by atoms with Gasteiger partial charge in [0.25, 0.3) is 0 Å². The molecular formula is C13H21N3. The van der Waals surface area contributed by atoms with Gasteiger partial charge in [0.05, 0.1) is 0 Å². The van der Waals surface area contributed by atoms with Crippen molar-refractivity contribution >= 4 is 5.82 Å². The van der Waals surface area contributed by atoms with E-state index in [0.717, 1.165) is 25.3 Å². The van der Waals surface area contributed by atoms with Gasteiger partial charge in [-0.05, 0) is 43.9 Å². The maximum atomic E-state index is 5.86. The third-order valence-electron chi connectivity index (χ3n) is 3.58. The van der Waals surface area contributed by atoms with Gasteiger partial charge in [-0.25, -0.2) is 4.98 Å². The van der Waals surface area contributed by atoms with Crippen molar-refractivity contribution in [1.82, 2.24) is 4.98 Å². The van der Waals surface area contributed by atoms with Crippen LogP contribution in [0.1, 0.15) is 26.2 Å². The molecule has 0 bridgehead atoms. The Balaban J connectivity index is 2.19. The summed E-state index contributed by atoms with van der Waals surface area (Å²) in [6.45, 7) is 4.16. The monoisotopic (exact) mass is 219 g/mol. The Morgan fingerprint density at radius 2 is 2.38 bits per heavy atom. The molecule has 1 aromatic rings. The number of nitrogens with two attached hydrogens (primary N) is 1. The number of anilines is 1. The summed E-state index contributed by atoms with van der Waals surface area (Å²) < 4.78 is 0. The molecule has 0 saturated carbocycles. The number of aromatic nitrogens is 1. The first-order valence-electron chi connectivity index (χ1n) is 6.24. The molecule has 0 unspecified atom stereocenters. The predicted octanol–water partition coefficient (Wildman–Crippen LogP) is 2.04. The van der Waals surface area contributed by atoms with Gasteiger partial charge in [-0.15, -0.1) is 0 Å². The van der Waals surface area contributed by atoms with E-state index in [4.69, 9.17) is 5.73 Å². The first-order chi connectivity index (χ1) is 7.86. The summed E-state index contributed by atoms with van der Waals surface area (Å²) >= 11 is 0. The molecule has 2 rings (SSSR count). The van der Waals surface area contributed by atoms with Crippen molar-refractivity contribution < 1.29 is 0 Å². The average molecular weight is 219 g/mol. The first kappa shape index (κ1) is 11.4. The molecule has 1 fully saturated rings. The smallest absolute Gasteiger partial charge is 0.128 e. The standard InChI is InChI=1S/C13H21N3/c1-2-12-11(10-14)6-5-9-16(12)13-7-3-4-8-15-13/h3-4,7-8,11-12H,2,5-6,9-10,14H2,1H3/t11-,12-/m1/s1. The molecule has 16 heavy (non-hydrogen) atoms.